The highest BCUT2D eigenvalue weighted by atomic mass is 32.2. The summed E-state index contributed by atoms with van der Waals surface area (Å²) in [6.45, 7) is 6.48. The van der Waals surface area contributed by atoms with Crippen molar-refractivity contribution in [2.24, 2.45) is 5.92 Å². The Morgan fingerprint density at radius 1 is 1.27 bits per heavy atom. The molecule has 8 nitrogen and oxygen atoms in total. The molecule has 2 N–H and O–H groups in total. The van der Waals surface area contributed by atoms with Crippen molar-refractivity contribution >= 4 is 35.0 Å². The van der Waals surface area contributed by atoms with Crippen LogP contribution in [0.4, 0.5) is 13.6 Å². The van der Waals surface area contributed by atoms with Crippen LogP contribution in [0.15, 0.2) is 18.2 Å². The first-order valence-corrected chi connectivity index (χ1v) is 10.3. The Hall–Kier alpha value is -2.37. The molecule has 1 aliphatic rings. The number of carbonyl (C=O) groups excluding carboxylic acids is 4. The van der Waals surface area contributed by atoms with Gasteiger partial charge in [0.15, 0.2) is 23.3 Å². The van der Waals surface area contributed by atoms with Crippen LogP contribution in [0, 0.1) is 17.6 Å². The number of hydrogen-bond acceptors (Lipinski definition) is 6. The summed E-state index contributed by atoms with van der Waals surface area (Å²) in [6.07, 6.45) is -0.511. The zero-order valence-electron chi connectivity index (χ0n) is 17.0. The van der Waals surface area contributed by atoms with E-state index >= 15 is 0 Å². The van der Waals surface area contributed by atoms with Gasteiger partial charge in [0.05, 0.1) is 6.04 Å². The molecule has 0 aliphatic carbocycles. The fraction of sp³-hybridized carbons (Fsp3) is 0.474. The summed E-state index contributed by atoms with van der Waals surface area (Å²) in [6, 6.07) is 0.944. The Balaban J connectivity index is 2.33. The summed E-state index contributed by atoms with van der Waals surface area (Å²) in [5.41, 5.74) is 0.118. The molecule has 1 aliphatic heterocycles. The van der Waals surface area contributed by atoms with Crippen molar-refractivity contribution in [3.63, 3.8) is 0 Å². The van der Waals surface area contributed by atoms with Crippen molar-refractivity contribution in [2.75, 3.05) is 6.54 Å². The minimum absolute atomic E-state index is 0.0411. The lowest BCUT2D eigenvalue weighted by Crippen LogP contribution is -2.60. The van der Waals surface area contributed by atoms with Gasteiger partial charge in [-0.15, -0.1) is 4.72 Å². The number of nitrogens with zero attached hydrogens (tertiary/aromatic N) is 1. The minimum atomic E-state index is -1.76. The van der Waals surface area contributed by atoms with Crippen molar-refractivity contribution in [2.45, 2.75) is 44.9 Å². The first kappa shape index (κ1) is 23.9. The van der Waals surface area contributed by atoms with Crippen LogP contribution < -0.4 is 10.0 Å². The first-order chi connectivity index (χ1) is 13.9. The van der Waals surface area contributed by atoms with E-state index in [1.54, 1.807) is 20.8 Å². The van der Waals surface area contributed by atoms with E-state index in [4.69, 9.17) is 0 Å². The molecular weight excluding hydrogens is 420 g/mol. The van der Waals surface area contributed by atoms with Crippen LogP contribution in [0.5, 0.6) is 0 Å². The first-order valence-electron chi connectivity index (χ1n) is 9.18. The smallest absolute Gasteiger partial charge is 0.330 e. The number of urea groups is 1. The lowest BCUT2D eigenvalue weighted by Gasteiger charge is -2.30. The molecule has 0 bridgehead atoms. The molecule has 0 spiro atoms. The summed E-state index contributed by atoms with van der Waals surface area (Å²) in [5.74, 6) is -6.89. The van der Waals surface area contributed by atoms with Crippen LogP contribution in [0.1, 0.15) is 45.7 Å². The van der Waals surface area contributed by atoms with Crippen LogP contribution in [0.3, 0.4) is 0 Å². The Morgan fingerprint density at radius 3 is 2.43 bits per heavy atom. The second-order valence-electron chi connectivity index (χ2n) is 7.71. The molecule has 0 radical (unpaired) electrons. The molecule has 1 aromatic carbocycles. The summed E-state index contributed by atoms with van der Waals surface area (Å²) < 4.78 is 41.6. The molecule has 1 aromatic rings. The number of imide groups is 2. The Kier molecular flexibility index (Phi) is 7.32. The van der Waals surface area contributed by atoms with Gasteiger partial charge in [0.2, 0.25) is 5.91 Å². The fourth-order valence-corrected chi connectivity index (χ4v) is 3.61. The summed E-state index contributed by atoms with van der Waals surface area (Å²) in [7, 11) is 0. The lowest BCUT2D eigenvalue weighted by atomic mass is 9.92. The molecular formula is C19H23F2N3O5S. The van der Waals surface area contributed by atoms with Gasteiger partial charge in [0.1, 0.15) is 4.75 Å². The Labute approximate surface area is 175 Å². The average Bonchev–Trinajstić information content (AvgIpc) is 2.62. The van der Waals surface area contributed by atoms with E-state index in [1.807, 2.05) is 5.32 Å². The maximum absolute atomic E-state index is 13.7. The predicted octanol–water partition coefficient (Wildman–Crippen LogP) is 1.73. The molecule has 0 saturated carbocycles. The Bertz CT molecular complexity index is 874. The molecule has 1 unspecified atom stereocenters. The molecule has 1 heterocycles. The summed E-state index contributed by atoms with van der Waals surface area (Å²) in [4.78, 5) is 49.9. The quantitative estimate of drug-likeness (QED) is 0.489. The molecule has 1 saturated heterocycles. The van der Waals surface area contributed by atoms with Gasteiger partial charge in [-0.25, -0.2) is 13.6 Å². The van der Waals surface area contributed by atoms with Crippen molar-refractivity contribution < 1.29 is 32.5 Å². The van der Waals surface area contributed by atoms with Crippen molar-refractivity contribution in [1.29, 1.82) is 0 Å². The number of Topliss-reactive ketones (excluding diaryl/α,β-unsaturated/α-hetero) is 1. The van der Waals surface area contributed by atoms with E-state index in [1.165, 1.54) is 13.0 Å². The van der Waals surface area contributed by atoms with Gasteiger partial charge in [0, 0.05) is 24.3 Å². The molecule has 3 atom stereocenters. The zero-order chi connectivity index (χ0) is 22.8. The number of barbiturate groups is 1. The number of hydrogen-bond donors (Lipinski definition) is 2. The molecule has 0 aromatic heterocycles. The third-order valence-corrected chi connectivity index (χ3v) is 6.06. The topological polar surface area (TPSA) is 119 Å². The van der Waals surface area contributed by atoms with E-state index in [9.17, 15) is 32.5 Å². The Morgan fingerprint density at radius 2 is 1.90 bits per heavy atom. The summed E-state index contributed by atoms with van der Waals surface area (Å²) >= 11 is -1.70. The molecule has 11 heteroatoms. The monoisotopic (exact) mass is 443 g/mol. The van der Waals surface area contributed by atoms with Crippen molar-refractivity contribution in [3.05, 3.63) is 35.4 Å². The highest BCUT2D eigenvalue weighted by Gasteiger charge is 2.45. The largest absolute Gasteiger partial charge is 0.598 e. The molecule has 1 fully saturated rings. The molecule has 30 heavy (non-hydrogen) atoms. The predicted molar refractivity (Wildman–Crippen MR) is 104 cm³/mol. The number of carbonyl (C=O) groups is 4. The minimum Gasteiger partial charge on any atom is -0.598 e. The van der Waals surface area contributed by atoms with Crippen LogP contribution in [-0.2, 0) is 25.7 Å². The van der Waals surface area contributed by atoms with Gasteiger partial charge < -0.3 is 4.55 Å². The van der Waals surface area contributed by atoms with Crippen LogP contribution in [0.25, 0.3) is 0 Å². The number of rotatable bonds is 7. The second-order valence-corrected chi connectivity index (χ2v) is 9.70. The van der Waals surface area contributed by atoms with Gasteiger partial charge in [-0.1, -0.05) is 6.07 Å². The van der Waals surface area contributed by atoms with Gasteiger partial charge >= 0.3 is 6.03 Å². The third kappa shape index (κ3) is 5.21. The molecule has 2 rings (SSSR count). The zero-order valence-corrected chi connectivity index (χ0v) is 17.8. The number of amides is 4. The number of nitrogens with one attached hydrogen (secondary N) is 2. The third-order valence-electron chi connectivity index (χ3n) is 4.45. The van der Waals surface area contributed by atoms with E-state index < -0.39 is 69.8 Å². The maximum atomic E-state index is 13.7. The van der Waals surface area contributed by atoms with Crippen molar-refractivity contribution in [3.8, 4) is 0 Å². The fourth-order valence-electron chi connectivity index (χ4n) is 2.78. The van der Waals surface area contributed by atoms with Gasteiger partial charge in [-0.3, -0.25) is 24.6 Å². The van der Waals surface area contributed by atoms with Gasteiger partial charge in [-0.05, 0) is 45.4 Å². The van der Waals surface area contributed by atoms with E-state index in [-0.39, 0.29) is 12.1 Å². The molecule has 164 valence electrons. The highest BCUT2D eigenvalue weighted by molar-refractivity contribution is 7.90. The number of halogens is 2. The summed E-state index contributed by atoms with van der Waals surface area (Å²) in [5, 5.41) is 1.95. The SMILES string of the molecule is CCN1C(=O)NC(=O)C(C(=O)C[C@@H](N[S@@+]([O-])C(C)(C)C)c2ccc(F)c(F)c2)C1=O. The van der Waals surface area contributed by atoms with Crippen LogP contribution >= 0.6 is 0 Å². The maximum Gasteiger partial charge on any atom is 0.330 e. The second kappa shape index (κ2) is 9.19. The van der Waals surface area contributed by atoms with E-state index in [0.717, 1.165) is 17.0 Å². The lowest BCUT2D eigenvalue weighted by molar-refractivity contribution is -0.147. The normalized spacial score (nSPS) is 19.5. The number of benzene rings is 1. The van der Waals surface area contributed by atoms with Gasteiger partial charge in [0.25, 0.3) is 5.91 Å². The number of ketones is 1. The van der Waals surface area contributed by atoms with Gasteiger partial charge in [-0.2, -0.15) is 0 Å². The standard InChI is InChI=1S/C19H23F2N3O5S/c1-5-24-17(27)15(16(26)22-18(24)28)14(25)9-13(23-30(29)19(2,3)4)10-6-7-11(20)12(21)8-10/h6-8,13,15,23H,5,9H2,1-4H3,(H,22,26,28)/t13-,15?,30+/m1/s1. The van der Waals surface area contributed by atoms with E-state index in [0.29, 0.717) is 0 Å². The average molecular weight is 443 g/mol. The van der Waals surface area contributed by atoms with Crippen LogP contribution in [0.2, 0.25) is 0 Å². The molecule has 4 amide bonds. The van der Waals surface area contributed by atoms with E-state index in [2.05, 4.69) is 4.72 Å². The van der Waals surface area contributed by atoms with Crippen LogP contribution in [-0.4, -0.2) is 44.4 Å². The van der Waals surface area contributed by atoms with Crippen molar-refractivity contribution in [1.82, 2.24) is 14.9 Å². The highest BCUT2D eigenvalue weighted by Crippen LogP contribution is 2.26.